The predicted octanol–water partition coefficient (Wildman–Crippen LogP) is 4.47. The highest BCUT2D eigenvalue weighted by atomic mass is 32.1. The van der Waals surface area contributed by atoms with Crippen molar-refractivity contribution in [2.75, 3.05) is 5.32 Å². The lowest BCUT2D eigenvalue weighted by molar-refractivity contribution is 0.687. The first-order chi connectivity index (χ1) is 10.2. The first kappa shape index (κ1) is 13.9. The van der Waals surface area contributed by atoms with E-state index in [9.17, 15) is 0 Å². The van der Waals surface area contributed by atoms with Gasteiger partial charge in [0.05, 0.1) is 12.6 Å². The van der Waals surface area contributed by atoms with Gasteiger partial charge in [-0.1, -0.05) is 12.1 Å². The van der Waals surface area contributed by atoms with Gasteiger partial charge < -0.3 is 5.32 Å². The normalized spacial score (nSPS) is 12.3. The second-order valence-electron chi connectivity index (χ2n) is 5.22. The Labute approximate surface area is 129 Å². The highest BCUT2D eigenvalue weighted by molar-refractivity contribution is 7.12. The molecule has 21 heavy (non-hydrogen) atoms. The van der Waals surface area contributed by atoms with Crippen LogP contribution in [0.15, 0.2) is 54.9 Å². The van der Waals surface area contributed by atoms with E-state index in [4.69, 9.17) is 0 Å². The number of benzene rings is 1. The molecule has 2 heterocycles. The van der Waals surface area contributed by atoms with Crippen LogP contribution in [0.4, 0.5) is 5.69 Å². The standard InChI is InChI=1S/C17H19N3S/c1-13-4-9-17(21-13)14(2)19-16-7-5-15(6-8-16)12-20-11-3-10-18-20/h3-11,14,19H,12H2,1-2H3. The fourth-order valence-corrected chi connectivity index (χ4v) is 3.17. The first-order valence-corrected chi connectivity index (χ1v) is 7.91. The van der Waals surface area contributed by atoms with Gasteiger partial charge in [0, 0.05) is 27.8 Å². The summed E-state index contributed by atoms with van der Waals surface area (Å²) in [6, 6.07) is 15.2. The van der Waals surface area contributed by atoms with Crippen molar-refractivity contribution in [3.63, 3.8) is 0 Å². The minimum atomic E-state index is 0.334. The first-order valence-electron chi connectivity index (χ1n) is 7.10. The Bertz CT molecular complexity index is 683. The summed E-state index contributed by atoms with van der Waals surface area (Å²) in [5.74, 6) is 0. The average Bonchev–Trinajstić information content (AvgIpc) is 3.12. The summed E-state index contributed by atoms with van der Waals surface area (Å²) in [6.07, 6.45) is 3.79. The number of thiophene rings is 1. The molecule has 1 N–H and O–H groups in total. The Hall–Kier alpha value is -2.07. The van der Waals surface area contributed by atoms with Gasteiger partial charge >= 0.3 is 0 Å². The molecular formula is C17H19N3S. The van der Waals surface area contributed by atoms with Crippen molar-refractivity contribution in [3.05, 3.63) is 70.2 Å². The van der Waals surface area contributed by atoms with Crippen LogP contribution in [0.25, 0.3) is 0 Å². The maximum absolute atomic E-state index is 4.23. The summed E-state index contributed by atoms with van der Waals surface area (Å²) in [7, 11) is 0. The molecule has 3 rings (SSSR count). The van der Waals surface area contributed by atoms with E-state index in [2.05, 4.69) is 60.7 Å². The van der Waals surface area contributed by atoms with Crippen LogP contribution in [0, 0.1) is 6.92 Å². The van der Waals surface area contributed by atoms with E-state index in [1.54, 1.807) is 6.20 Å². The highest BCUT2D eigenvalue weighted by Crippen LogP contribution is 2.25. The van der Waals surface area contributed by atoms with E-state index in [-0.39, 0.29) is 0 Å². The van der Waals surface area contributed by atoms with Crippen LogP contribution in [-0.4, -0.2) is 9.78 Å². The van der Waals surface area contributed by atoms with E-state index in [0.717, 1.165) is 12.2 Å². The minimum Gasteiger partial charge on any atom is -0.378 e. The maximum Gasteiger partial charge on any atom is 0.0659 e. The van der Waals surface area contributed by atoms with Gasteiger partial charge in [0.2, 0.25) is 0 Å². The highest BCUT2D eigenvalue weighted by Gasteiger charge is 2.07. The Morgan fingerprint density at radius 2 is 2.00 bits per heavy atom. The lowest BCUT2D eigenvalue weighted by atomic mass is 10.2. The largest absolute Gasteiger partial charge is 0.378 e. The van der Waals surface area contributed by atoms with Gasteiger partial charge in [0.1, 0.15) is 0 Å². The summed E-state index contributed by atoms with van der Waals surface area (Å²) in [5.41, 5.74) is 2.40. The topological polar surface area (TPSA) is 29.9 Å². The third-order valence-corrected chi connectivity index (χ3v) is 4.61. The van der Waals surface area contributed by atoms with Gasteiger partial charge in [-0.15, -0.1) is 11.3 Å². The molecule has 2 aromatic heterocycles. The molecule has 0 aliphatic carbocycles. The number of hydrogen-bond donors (Lipinski definition) is 1. The molecular weight excluding hydrogens is 278 g/mol. The number of aromatic nitrogens is 2. The fourth-order valence-electron chi connectivity index (χ4n) is 2.29. The lowest BCUT2D eigenvalue weighted by Crippen LogP contribution is -2.05. The summed E-state index contributed by atoms with van der Waals surface area (Å²) >= 11 is 1.85. The van der Waals surface area contributed by atoms with Crippen molar-refractivity contribution in [3.8, 4) is 0 Å². The molecule has 108 valence electrons. The molecule has 0 saturated heterocycles. The van der Waals surface area contributed by atoms with Gasteiger partial charge in [0.25, 0.3) is 0 Å². The van der Waals surface area contributed by atoms with Gasteiger partial charge in [-0.05, 0) is 49.7 Å². The van der Waals surface area contributed by atoms with Crippen molar-refractivity contribution in [1.82, 2.24) is 9.78 Å². The molecule has 0 saturated carbocycles. The number of aryl methyl sites for hydroxylation is 1. The van der Waals surface area contributed by atoms with Crippen molar-refractivity contribution < 1.29 is 0 Å². The van der Waals surface area contributed by atoms with Gasteiger partial charge in [0.15, 0.2) is 0 Å². The Balaban J connectivity index is 1.64. The van der Waals surface area contributed by atoms with Crippen molar-refractivity contribution in [1.29, 1.82) is 0 Å². The van der Waals surface area contributed by atoms with Crippen molar-refractivity contribution >= 4 is 17.0 Å². The van der Waals surface area contributed by atoms with Crippen molar-refractivity contribution in [2.24, 2.45) is 0 Å². The van der Waals surface area contributed by atoms with Crippen LogP contribution in [0.5, 0.6) is 0 Å². The Kier molecular flexibility index (Phi) is 4.06. The van der Waals surface area contributed by atoms with E-state index in [1.165, 1.54) is 15.3 Å². The van der Waals surface area contributed by atoms with Crippen LogP contribution in [0.2, 0.25) is 0 Å². The molecule has 4 heteroatoms. The molecule has 0 fully saturated rings. The molecule has 3 aromatic rings. The van der Waals surface area contributed by atoms with Gasteiger partial charge in [-0.3, -0.25) is 4.68 Å². The molecule has 1 aromatic carbocycles. The average molecular weight is 297 g/mol. The Morgan fingerprint density at radius 1 is 1.19 bits per heavy atom. The van der Waals surface area contributed by atoms with Crippen LogP contribution in [0.1, 0.15) is 28.3 Å². The Morgan fingerprint density at radius 3 is 2.62 bits per heavy atom. The molecule has 0 amide bonds. The molecule has 1 unspecified atom stereocenters. The zero-order chi connectivity index (χ0) is 14.7. The van der Waals surface area contributed by atoms with E-state index < -0.39 is 0 Å². The maximum atomic E-state index is 4.23. The number of rotatable bonds is 5. The summed E-state index contributed by atoms with van der Waals surface area (Å²) in [6.45, 7) is 5.15. The summed E-state index contributed by atoms with van der Waals surface area (Å²) < 4.78 is 1.93. The third-order valence-electron chi connectivity index (χ3n) is 3.43. The van der Waals surface area contributed by atoms with Gasteiger partial charge in [-0.25, -0.2) is 0 Å². The number of nitrogens with zero attached hydrogens (tertiary/aromatic N) is 2. The lowest BCUT2D eigenvalue weighted by Gasteiger charge is -2.14. The number of anilines is 1. The summed E-state index contributed by atoms with van der Waals surface area (Å²) in [4.78, 5) is 2.72. The molecule has 3 nitrogen and oxygen atoms in total. The van der Waals surface area contributed by atoms with E-state index in [1.807, 2.05) is 28.3 Å². The van der Waals surface area contributed by atoms with Crippen LogP contribution in [0.3, 0.4) is 0 Å². The second-order valence-corrected chi connectivity index (χ2v) is 6.53. The summed E-state index contributed by atoms with van der Waals surface area (Å²) in [5, 5.41) is 7.77. The quantitative estimate of drug-likeness (QED) is 0.752. The minimum absolute atomic E-state index is 0.334. The SMILES string of the molecule is Cc1ccc(C(C)Nc2ccc(Cn3cccn3)cc2)s1. The zero-order valence-electron chi connectivity index (χ0n) is 12.3. The molecule has 0 aliphatic rings. The number of hydrogen-bond acceptors (Lipinski definition) is 3. The molecule has 0 spiro atoms. The number of nitrogens with one attached hydrogen (secondary N) is 1. The van der Waals surface area contributed by atoms with Crippen LogP contribution < -0.4 is 5.32 Å². The van der Waals surface area contributed by atoms with Crippen LogP contribution >= 0.6 is 11.3 Å². The smallest absolute Gasteiger partial charge is 0.0659 e. The predicted molar refractivity (Wildman–Crippen MR) is 88.9 cm³/mol. The molecule has 0 aliphatic heterocycles. The molecule has 1 atom stereocenters. The van der Waals surface area contributed by atoms with Gasteiger partial charge in [-0.2, -0.15) is 5.10 Å². The van der Waals surface area contributed by atoms with E-state index >= 15 is 0 Å². The molecule has 0 bridgehead atoms. The van der Waals surface area contributed by atoms with Crippen LogP contribution in [-0.2, 0) is 6.54 Å². The fraction of sp³-hybridized carbons (Fsp3) is 0.235. The monoisotopic (exact) mass is 297 g/mol. The second kappa shape index (κ2) is 6.14. The molecule has 0 radical (unpaired) electrons. The third kappa shape index (κ3) is 3.52. The van der Waals surface area contributed by atoms with E-state index in [0.29, 0.717) is 6.04 Å². The van der Waals surface area contributed by atoms with Crippen molar-refractivity contribution in [2.45, 2.75) is 26.4 Å². The zero-order valence-corrected chi connectivity index (χ0v) is 13.1.